The molecule has 5 heteroatoms. The van der Waals surface area contributed by atoms with Gasteiger partial charge in [-0.05, 0) is 47.9 Å². The van der Waals surface area contributed by atoms with Crippen LogP contribution < -0.4 is 0 Å². The first-order valence-electron chi connectivity index (χ1n) is 12.0. The Labute approximate surface area is 206 Å². The number of amides is 1. The molecular weight excluding hydrogens is 442 g/mol. The Morgan fingerprint density at radius 1 is 0.912 bits per heavy atom. The van der Waals surface area contributed by atoms with Gasteiger partial charge in [-0.25, -0.2) is 4.79 Å². The number of thiol groups is 1. The Morgan fingerprint density at radius 2 is 1.53 bits per heavy atom. The Kier molecular flexibility index (Phi) is 6.73. The van der Waals surface area contributed by atoms with E-state index in [1.165, 1.54) is 5.56 Å². The number of carbonyl (C=O) groups is 2. The first kappa shape index (κ1) is 22.7. The topological polar surface area (TPSA) is 46.6 Å². The zero-order chi connectivity index (χ0) is 23.5. The van der Waals surface area contributed by atoms with Gasteiger partial charge in [0.05, 0.1) is 12.0 Å². The van der Waals surface area contributed by atoms with E-state index >= 15 is 0 Å². The van der Waals surface area contributed by atoms with Crippen molar-refractivity contribution in [2.75, 3.05) is 5.75 Å². The van der Waals surface area contributed by atoms with Gasteiger partial charge < -0.3 is 9.64 Å². The van der Waals surface area contributed by atoms with Gasteiger partial charge in [0.2, 0.25) is 5.91 Å². The first-order valence-corrected chi connectivity index (χ1v) is 12.6. The van der Waals surface area contributed by atoms with Crippen LogP contribution in [-0.2, 0) is 20.7 Å². The molecule has 1 amide bonds. The molecule has 34 heavy (non-hydrogen) atoms. The second-order valence-corrected chi connectivity index (χ2v) is 9.49. The molecule has 1 saturated heterocycles. The van der Waals surface area contributed by atoms with Gasteiger partial charge in [-0.2, -0.15) is 12.6 Å². The number of hydrogen-bond donors (Lipinski definition) is 1. The van der Waals surface area contributed by atoms with Gasteiger partial charge in [-0.15, -0.1) is 0 Å². The third-order valence-electron chi connectivity index (χ3n) is 7.04. The second-order valence-electron chi connectivity index (χ2n) is 9.13. The highest BCUT2D eigenvalue weighted by molar-refractivity contribution is 7.80. The van der Waals surface area contributed by atoms with E-state index in [2.05, 4.69) is 24.8 Å². The van der Waals surface area contributed by atoms with Gasteiger partial charge in [-0.1, -0.05) is 84.9 Å². The predicted octanol–water partition coefficient (Wildman–Crippen LogP) is 5.54. The first-order chi connectivity index (χ1) is 16.7. The molecule has 3 aromatic rings. The molecule has 174 valence electrons. The zero-order valence-corrected chi connectivity index (χ0v) is 19.9. The fourth-order valence-electron chi connectivity index (χ4n) is 5.37. The quantitative estimate of drug-likeness (QED) is 0.392. The monoisotopic (exact) mass is 471 g/mol. The number of ether oxygens (including phenoxy) is 1. The van der Waals surface area contributed by atoms with Crippen molar-refractivity contribution in [3.63, 3.8) is 0 Å². The van der Waals surface area contributed by atoms with Crippen LogP contribution in [0.3, 0.4) is 0 Å². The van der Waals surface area contributed by atoms with Crippen molar-refractivity contribution < 1.29 is 14.3 Å². The second kappa shape index (κ2) is 10.1. The molecule has 3 atom stereocenters. The molecule has 0 bridgehead atoms. The molecule has 2 aliphatic heterocycles. The highest BCUT2D eigenvalue weighted by atomic mass is 32.1. The number of nitrogens with zero attached hydrogens (tertiary/aromatic N) is 1. The number of carbonyl (C=O) groups excluding carboxylic acids is 2. The summed E-state index contributed by atoms with van der Waals surface area (Å²) >= 11 is 4.49. The van der Waals surface area contributed by atoms with E-state index in [0.29, 0.717) is 18.6 Å². The van der Waals surface area contributed by atoms with Crippen LogP contribution in [0, 0.1) is 5.92 Å². The molecule has 2 heterocycles. The number of rotatable bonds is 5. The number of fused-ring (bicyclic) bond motifs is 3. The lowest BCUT2D eigenvalue weighted by Crippen LogP contribution is -2.51. The molecule has 0 unspecified atom stereocenters. The summed E-state index contributed by atoms with van der Waals surface area (Å²) in [6, 6.07) is 27.1. The van der Waals surface area contributed by atoms with Crippen LogP contribution in [0.5, 0.6) is 0 Å². The van der Waals surface area contributed by atoms with E-state index in [4.69, 9.17) is 4.74 Å². The molecule has 0 spiro atoms. The number of hydrogen-bond acceptors (Lipinski definition) is 4. The van der Waals surface area contributed by atoms with Crippen LogP contribution in [0.2, 0.25) is 0 Å². The molecular formula is C29H29NO3S. The van der Waals surface area contributed by atoms with Crippen LogP contribution in [-0.4, -0.2) is 28.6 Å². The Balaban J connectivity index is 1.49. The summed E-state index contributed by atoms with van der Waals surface area (Å²) in [4.78, 5) is 29.3. The summed E-state index contributed by atoms with van der Waals surface area (Å²) < 4.78 is 6.21. The summed E-state index contributed by atoms with van der Waals surface area (Å²) in [5.74, 6) is -0.127. The van der Waals surface area contributed by atoms with Crippen molar-refractivity contribution in [2.45, 2.75) is 43.9 Å². The van der Waals surface area contributed by atoms with Gasteiger partial charge in [-0.3, -0.25) is 4.79 Å². The van der Waals surface area contributed by atoms with E-state index in [1.807, 2.05) is 77.7 Å². The fraction of sp³-hybridized carbons (Fsp3) is 0.310. The Hall–Kier alpha value is -3.05. The molecule has 4 nitrogen and oxygen atoms in total. The van der Waals surface area contributed by atoms with E-state index in [9.17, 15) is 9.59 Å². The Bertz CT molecular complexity index is 1110. The predicted molar refractivity (Wildman–Crippen MR) is 136 cm³/mol. The summed E-state index contributed by atoms with van der Waals surface area (Å²) in [5.41, 5.74) is 4.16. The number of piperidine rings is 1. The van der Waals surface area contributed by atoms with Crippen molar-refractivity contribution in [3.8, 4) is 0 Å². The van der Waals surface area contributed by atoms with Crippen molar-refractivity contribution in [2.24, 2.45) is 5.92 Å². The van der Waals surface area contributed by atoms with Crippen LogP contribution in [0.25, 0.3) is 0 Å². The minimum Gasteiger partial charge on any atom is -0.451 e. The summed E-state index contributed by atoms with van der Waals surface area (Å²) in [6.45, 7) is 0. The third-order valence-corrected chi connectivity index (χ3v) is 7.48. The largest absolute Gasteiger partial charge is 0.451 e. The molecule has 1 fully saturated rings. The summed E-state index contributed by atoms with van der Waals surface area (Å²) in [7, 11) is 0. The maximum Gasteiger partial charge on any atom is 0.329 e. The Morgan fingerprint density at radius 3 is 2.18 bits per heavy atom. The maximum absolute atomic E-state index is 13.7. The third kappa shape index (κ3) is 4.37. The van der Waals surface area contributed by atoms with Crippen LogP contribution in [0.1, 0.15) is 53.7 Å². The molecule has 0 N–H and O–H groups in total. The highest BCUT2D eigenvalue weighted by Gasteiger charge is 2.44. The van der Waals surface area contributed by atoms with Crippen molar-refractivity contribution in [3.05, 3.63) is 107 Å². The van der Waals surface area contributed by atoms with Crippen molar-refractivity contribution in [1.82, 2.24) is 4.90 Å². The molecule has 0 aromatic heterocycles. The number of esters is 1. The molecule has 5 rings (SSSR count). The number of benzene rings is 3. The van der Waals surface area contributed by atoms with Crippen LogP contribution >= 0.6 is 12.6 Å². The maximum atomic E-state index is 13.7. The lowest BCUT2D eigenvalue weighted by Gasteiger charge is -2.41. The van der Waals surface area contributed by atoms with Crippen molar-refractivity contribution >= 4 is 24.5 Å². The molecule has 3 aromatic carbocycles. The van der Waals surface area contributed by atoms with E-state index in [-0.39, 0.29) is 23.8 Å². The lowest BCUT2D eigenvalue weighted by molar-refractivity contribution is -0.164. The van der Waals surface area contributed by atoms with Gasteiger partial charge in [0.15, 0.2) is 6.10 Å². The van der Waals surface area contributed by atoms with Crippen molar-refractivity contribution in [1.29, 1.82) is 0 Å². The average Bonchev–Trinajstić information content (AvgIpc) is 3.02. The van der Waals surface area contributed by atoms with Gasteiger partial charge in [0.25, 0.3) is 0 Å². The van der Waals surface area contributed by atoms with Crippen LogP contribution in [0.15, 0.2) is 84.9 Å². The summed E-state index contributed by atoms with van der Waals surface area (Å²) in [6.07, 6.45) is 2.47. The minimum atomic E-state index is -0.602. The molecule has 2 aliphatic rings. The molecule has 0 saturated carbocycles. The highest BCUT2D eigenvalue weighted by Crippen LogP contribution is 2.41. The van der Waals surface area contributed by atoms with Crippen LogP contribution in [0.4, 0.5) is 0 Å². The standard InChI is InChI=1S/C29H29NO3S/c31-28-23(19-34)18-22-14-7-8-15-24(22)25-16-9-17-26(30(25)28)29(32)33-27(20-10-3-1-4-11-20)21-12-5-2-6-13-21/h1-8,10-15,23,25-27,34H,9,16-19H2/t23-,25-,26+/m1/s1. The molecule has 0 radical (unpaired) electrons. The van der Waals surface area contributed by atoms with Gasteiger partial charge >= 0.3 is 5.97 Å². The van der Waals surface area contributed by atoms with Gasteiger partial charge in [0, 0.05) is 5.75 Å². The summed E-state index contributed by atoms with van der Waals surface area (Å²) in [5, 5.41) is 0. The smallest absolute Gasteiger partial charge is 0.329 e. The fourth-order valence-corrected chi connectivity index (χ4v) is 5.66. The lowest BCUT2D eigenvalue weighted by atomic mass is 9.89. The minimum absolute atomic E-state index is 0.00817. The van der Waals surface area contributed by atoms with E-state index < -0.39 is 12.1 Å². The molecule has 0 aliphatic carbocycles. The normalized spacial score (nSPS) is 22.0. The average molecular weight is 472 g/mol. The van der Waals surface area contributed by atoms with E-state index in [0.717, 1.165) is 29.5 Å². The van der Waals surface area contributed by atoms with Gasteiger partial charge in [0.1, 0.15) is 6.04 Å². The van der Waals surface area contributed by atoms with E-state index in [1.54, 1.807) is 0 Å². The zero-order valence-electron chi connectivity index (χ0n) is 19.0. The SMILES string of the molecule is O=C(OC(c1ccccc1)c1ccccc1)[C@@H]1CCC[C@@H]2c3ccccc3C[C@H](CS)C(=O)N21.